The lowest BCUT2D eigenvalue weighted by Crippen LogP contribution is -2.35. The molecule has 0 saturated heterocycles. The highest BCUT2D eigenvalue weighted by Crippen LogP contribution is 2.14. The molecule has 1 aromatic carbocycles. The van der Waals surface area contributed by atoms with Gasteiger partial charge in [0.15, 0.2) is 0 Å². The molecular formula is C16H21ClN2OS. The molecule has 114 valence electrons. The van der Waals surface area contributed by atoms with Gasteiger partial charge in [0.05, 0.1) is 0 Å². The van der Waals surface area contributed by atoms with Crippen LogP contribution in [-0.4, -0.2) is 11.9 Å². The van der Waals surface area contributed by atoms with E-state index >= 15 is 0 Å². The number of rotatable bonds is 6. The summed E-state index contributed by atoms with van der Waals surface area (Å²) < 4.78 is 0. The van der Waals surface area contributed by atoms with E-state index in [9.17, 15) is 4.79 Å². The molecule has 1 heterocycles. The first-order valence-electron chi connectivity index (χ1n) is 6.77. The van der Waals surface area contributed by atoms with E-state index in [0.29, 0.717) is 6.42 Å². The fraction of sp³-hybridized carbons (Fsp3) is 0.312. The maximum absolute atomic E-state index is 12.0. The van der Waals surface area contributed by atoms with Crippen LogP contribution in [0.5, 0.6) is 0 Å². The largest absolute Gasteiger partial charge is 0.353 e. The van der Waals surface area contributed by atoms with Gasteiger partial charge in [-0.1, -0.05) is 36.4 Å². The normalized spacial score (nSPS) is 13.0. The SMILES string of the molecule is CC(Cc1cccs1)NC(=O)CC(N)c1ccccc1.Cl. The minimum atomic E-state index is -0.245. The summed E-state index contributed by atoms with van der Waals surface area (Å²) in [5.74, 6) is 0.00501. The Morgan fingerprint density at radius 1 is 1.24 bits per heavy atom. The van der Waals surface area contributed by atoms with Crippen molar-refractivity contribution in [3.8, 4) is 0 Å². The van der Waals surface area contributed by atoms with E-state index < -0.39 is 0 Å². The van der Waals surface area contributed by atoms with E-state index in [-0.39, 0.29) is 30.4 Å². The van der Waals surface area contributed by atoms with E-state index in [2.05, 4.69) is 16.8 Å². The van der Waals surface area contributed by atoms with Crippen LogP contribution in [0, 0.1) is 0 Å². The lowest BCUT2D eigenvalue weighted by Gasteiger charge is -2.16. The van der Waals surface area contributed by atoms with Crippen molar-refractivity contribution in [1.82, 2.24) is 5.32 Å². The van der Waals surface area contributed by atoms with Crippen LogP contribution in [0.4, 0.5) is 0 Å². The number of hydrogen-bond donors (Lipinski definition) is 2. The van der Waals surface area contributed by atoms with E-state index in [1.165, 1.54) is 4.88 Å². The predicted molar refractivity (Wildman–Crippen MR) is 90.9 cm³/mol. The summed E-state index contributed by atoms with van der Waals surface area (Å²) in [7, 11) is 0. The van der Waals surface area contributed by atoms with Crippen LogP contribution in [0.2, 0.25) is 0 Å². The van der Waals surface area contributed by atoms with Crippen LogP contribution in [0.15, 0.2) is 47.8 Å². The molecule has 3 N–H and O–H groups in total. The van der Waals surface area contributed by atoms with Crippen molar-refractivity contribution >= 4 is 29.7 Å². The third kappa shape index (κ3) is 5.87. The zero-order chi connectivity index (χ0) is 14.4. The maximum atomic E-state index is 12.0. The van der Waals surface area contributed by atoms with Gasteiger partial charge in [-0.2, -0.15) is 0 Å². The molecule has 21 heavy (non-hydrogen) atoms. The standard InChI is InChI=1S/C16H20N2OS.ClH/c1-12(10-14-8-5-9-20-14)18-16(19)11-15(17)13-6-3-2-4-7-13;/h2-9,12,15H,10-11,17H2,1H3,(H,18,19);1H. The zero-order valence-electron chi connectivity index (χ0n) is 12.0. The van der Waals surface area contributed by atoms with Crippen molar-refractivity contribution in [2.24, 2.45) is 5.73 Å². The number of nitrogens with two attached hydrogens (primary N) is 1. The molecule has 0 radical (unpaired) electrons. The fourth-order valence-electron chi connectivity index (χ4n) is 2.13. The van der Waals surface area contributed by atoms with Crippen LogP contribution in [0.25, 0.3) is 0 Å². The topological polar surface area (TPSA) is 55.1 Å². The number of carbonyl (C=O) groups is 1. The second-order valence-electron chi connectivity index (χ2n) is 4.97. The molecule has 1 amide bonds. The number of carbonyl (C=O) groups excluding carboxylic acids is 1. The van der Waals surface area contributed by atoms with Crippen molar-refractivity contribution < 1.29 is 4.79 Å². The molecule has 0 spiro atoms. The summed E-state index contributed by atoms with van der Waals surface area (Å²) in [6.45, 7) is 2.02. The Morgan fingerprint density at radius 3 is 2.57 bits per heavy atom. The number of benzene rings is 1. The average molecular weight is 325 g/mol. The van der Waals surface area contributed by atoms with Gasteiger partial charge in [0.25, 0.3) is 0 Å². The Balaban J connectivity index is 0.00000220. The Morgan fingerprint density at radius 2 is 1.95 bits per heavy atom. The van der Waals surface area contributed by atoms with Crippen LogP contribution in [-0.2, 0) is 11.2 Å². The van der Waals surface area contributed by atoms with Crippen molar-refractivity contribution in [3.05, 3.63) is 58.3 Å². The minimum absolute atomic E-state index is 0. The van der Waals surface area contributed by atoms with Crippen molar-refractivity contribution in [1.29, 1.82) is 0 Å². The highest BCUT2D eigenvalue weighted by molar-refractivity contribution is 7.09. The van der Waals surface area contributed by atoms with Crippen LogP contribution in [0.3, 0.4) is 0 Å². The minimum Gasteiger partial charge on any atom is -0.353 e. The van der Waals surface area contributed by atoms with E-state index in [1.54, 1.807) is 11.3 Å². The first-order valence-corrected chi connectivity index (χ1v) is 7.65. The molecule has 3 nitrogen and oxygen atoms in total. The first-order chi connectivity index (χ1) is 9.65. The van der Waals surface area contributed by atoms with Crippen molar-refractivity contribution in [2.45, 2.75) is 31.8 Å². The summed E-state index contributed by atoms with van der Waals surface area (Å²) in [6.07, 6.45) is 1.18. The summed E-state index contributed by atoms with van der Waals surface area (Å²) in [5, 5.41) is 5.06. The molecule has 0 bridgehead atoms. The van der Waals surface area contributed by atoms with Gasteiger partial charge in [0.1, 0.15) is 0 Å². The van der Waals surface area contributed by atoms with Crippen LogP contribution >= 0.6 is 23.7 Å². The summed E-state index contributed by atoms with van der Waals surface area (Å²) in [5.41, 5.74) is 7.04. The highest BCUT2D eigenvalue weighted by Gasteiger charge is 2.13. The number of nitrogens with one attached hydrogen (secondary N) is 1. The molecule has 5 heteroatoms. The molecular weight excluding hydrogens is 304 g/mol. The lowest BCUT2D eigenvalue weighted by molar-refractivity contribution is -0.122. The van der Waals surface area contributed by atoms with Gasteiger partial charge in [-0.15, -0.1) is 23.7 Å². The Hall–Kier alpha value is -1.36. The Kier molecular flexibility index (Phi) is 7.43. The van der Waals surface area contributed by atoms with Gasteiger partial charge in [0.2, 0.25) is 5.91 Å². The van der Waals surface area contributed by atoms with Crippen LogP contribution < -0.4 is 11.1 Å². The second-order valence-corrected chi connectivity index (χ2v) is 6.01. The van der Waals surface area contributed by atoms with Gasteiger partial charge in [-0.05, 0) is 23.9 Å². The van der Waals surface area contributed by atoms with E-state index in [4.69, 9.17) is 5.73 Å². The summed E-state index contributed by atoms with van der Waals surface area (Å²) in [6, 6.07) is 13.7. The Bertz CT molecular complexity index is 530. The molecule has 1 aromatic heterocycles. The monoisotopic (exact) mass is 324 g/mol. The highest BCUT2D eigenvalue weighted by atomic mass is 35.5. The van der Waals surface area contributed by atoms with Gasteiger partial charge in [-0.3, -0.25) is 4.79 Å². The number of thiophene rings is 1. The first kappa shape index (κ1) is 17.7. The molecule has 2 unspecified atom stereocenters. The lowest BCUT2D eigenvalue weighted by atomic mass is 10.0. The van der Waals surface area contributed by atoms with E-state index in [1.807, 2.05) is 43.3 Å². The van der Waals surface area contributed by atoms with Gasteiger partial charge >= 0.3 is 0 Å². The fourth-order valence-corrected chi connectivity index (χ4v) is 2.97. The smallest absolute Gasteiger partial charge is 0.222 e. The quantitative estimate of drug-likeness (QED) is 0.856. The molecule has 0 fully saturated rings. The maximum Gasteiger partial charge on any atom is 0.222 e. The van der Waals surface area contributed by atoms with Gasteiger partial charge in [0, 0.05) is 29.8 Å². The molecule has 0 saturated carbocycles. The number of amides is 1. The molecule has 0 aliphatic heterocycles. The van der Waals surface area contributed by atoms with Crippen molar-refractivity contribution in [2.75, 3.05) is 0 Å². The molecule has 2 atom stereocenters. The third-order valence-electron chi connectivity index (χ3n) is 3.13. The molecule has 0 aliphatic carbocycles. The third-order valence-corrected chi connectivity index (χ3v) is 4.03. The molecule has 0 aliphatic rings. The number of hydrogen-bond acceptors (Lipinski definition) is 3. The molecule has 2 rings (SSSR count). The zero-order valence-corrected chi connectivity index (χ0v) is 13.6. The Labute approximate surface area is 136 Å². The van der Waals surface area contributed by atoms with Gasteiger partial charge < -0.3 is 11.1 Å². The predicted octanol–water partition coefficient (Wildman–Crippen LogP) is 3.31. The average Bonchev–Trinajstić information content (AvgIpc) is 2.92. The van der Waals surface area contributed by atoms with Crippen molar-refractivity contribution in [3.63, 3.8) is 0 Å². The summed E-state index contributed by atoms with van der Waals surface area (Å²) >= 11 is 1.71. The van der Waals surface area contributed by atoms with Crippen LogP contribution in [0.1, 0.15) is 29.8 Å². The summed E-state index contributed by atoms with van der Waals surface area (Å²) in [4.78, 5) is 13.3. The van der Waals surface area contributed by atoms with E-state index in [0.717, 1.165) is 12.0 Å². The molecule has 2 aromatic rings. The second kappa shape index (κ2) is 8.82. The number of halogens is 1. The van der Waals surface area contributed by atoms with Gasteiger partial charge in [-0.25, -0.2) is 0 Å².